The van der Waals surface area contributed by atoms with E-state index in [1.54, 1.807) is 0 Å². The van der Waals surface area contributed by atoms with Gasteiger partial charge in [0.15, 0.2) is 5.76 Å². The fourth-order valence-corrected chi connectivity index (χ4v) is 3.53. The number of furan rings is 1. The Balaban J connectivity index is 1.70. The van der Waals surface area contributed by atoms with Crippen LogP contribution in [0.4, 0.5) is 17.6 Å². The summed E-state index contributed by atoms with van der Waals surface area (Å²) in [6.07, 6.45) is -3.36. The first-order valence-corrected chi connectivity index (χ1v) is 9.30. The molecule has 1 aliphatic carbocycles. The minimum atomic E-state index is -4.79. The second-order valence-electron chi connectivity index (χ2n) is 6.00. The molecule has 0 aliphatic heterocycles. The van der Waals surface area contributed by atoms with Crippen LogP contribution in [0.25, 0.3) is 0 Å². The van der Waals surface area contributed by atoms with Crippen LogP contribution in [0.5, 0.6) is 0 Å². The number of benzene rings is 1. The van der Waals surface area contributed by atoms with Gasteiger partial charge >= 0.3 is 6.18 Å². The Morgan fingerprint density at radius 2 is 1.89 bits per heavy atom. The SMILES string of the molecule is O=C(NCc1ccc(F)cc1C(F)(F)F)c1ccc(S(=O)(=O)NC2CC2)o1. The maximum Gasteiger partial charge on any atom is 0.416 e. The van der Waals surface area contributed by atoms with Gasteiger partial charge in [0.1, 0.15) is 5.82 Å². The Hall–Kier alpha value is -2.40. The summed E-state index contributed by atoms with van der Waals surface area (Å²) in [5.41, 5.74) is -1.55. The maximum atomic E-state index is 13.1. The molecule has 1 saturated carbocycles. The number of alkyl halides is 3. The summed E-state index contributed by atoms with van der Waals surface area (Å²) >= 11 is 0. The van der Waals surface area contributed by atoms with E-state index in [9.17, 15) is 30.8 Å². The van der Waals surface area contributed by atoms with Crippen LogP contribution < -0.4 is 10.0 Å². The van der Waals surface area contributed by atoms with Gasteiger partial charge in [0.2, 0.25) is 5.09 Å². The number of nitrogens with one attached hydrogen (secondary N) is 2. The fraction of sp³-hybridized carbons (Fsp3) is 0.312. The molecule has 1 fully saturated rings. The van der Waals surface area contributed by atoms with E-state index >= 15 is 0 Å². The van der Waals surface area contributed by atoms with Crippen LogP contribution in [0.1, 0.15) is 34.5 Å². The zero-order chi connectivity index (χ0) is 19.8. The number of halogens is 4. The molecule has 0 radical (unpaired) electrons. The Kier molecular flexibility index (Phi) is 5.00. The number of sulfonamides is 1. The molecule has 6 nitrogen and oxygen atoms in total. The number of carbonyl (C=O) groups excluding carboxylic acids is 1. The van der Waals surface area contributed by atoms with Crippen LogP contribution in [0.2, 0.25) is 0 Å². The smallest absolute Gasteiger partial charge is 0.416 e. The van der Waals surface area contributed by atoms with Gasteiger partial charge in [0.25, 0.3) is 15.9 Å². The molecule has 0 bridgehead atoms. The maximum absolute atomic E-state index is 13.1. The van der Waals surface area contributed by atoms with Gasteiger partial charge in [-0.15, -0.1) is 0 Å². The molecular formula is C16H14F4N2O4S. The first-order valence-electron chi connectivity index (χ1n) is 7.82. The van der Waals surface area contributed by atoms with Crippen LogP contribution in [-0.2, 0) is 22.7 Å². The minimum Gasteiger partial charge on any atom is -0.438 e. The summed E-state index contributed by atoms with van der Waals surface area (Å²) in [5.74, 6) is -2.33. The highest BCUT2D eigenvalue weighted by atomic mass is 32.2. The van der Waals surface area contributed by atoms with E-state index in [2.05, 4.69) is 10.0 Å². The van der Waals surface area contributed by atoms with Crippen LogP contribution in [-0.4, -0.2) is 20.4 Å². The highest BCUT2D eigenvalue weighted by Gasteiger charge is 2.34. The van der Waals surface area contributed by atoms with Crippen molar-refractivity contribution in [3.63, 3.8) is 0 Å². The van der Waals surface area contributed by atoms with Crippen molar-refractivity contribution in [2.24, 2.45) is 0 Å². The molecule has 2 aromatic rings. The average Bonchev–Trinajstić information content (AvgIpc) is 3.22. The van der Waals surface area contributed by atoms with Crippen molar-refractivity contribution >= 4 is 15.9 Å². The van der Waals surface area contributed by atoms with E-state index in [-0.39, 0.29) is 17.4 Å². The summed E-state index contributed by atoms with van der Waals surface area (Å²) in [7, 11) is -3.89. The molecule has 27 heavy (non-hydrogen) atoms. The number of hydrogen-bond acceptors (Lipinski definition) is 4. The summed E-state index contributed by atoms with van der Waals surface area (Å²) in [4.78, 5) is 12.0. The summed E-state index contributed by atoms with van der Waals surface area (Å²) in [5, 5.41) is 1.73. The molecular weight excluding hydrogens is 392 g/mol. The van der Waals surface area contributed by atoms with Crippen molar-refractivity contribution in [1.82, 2.24) is 10.0 Å². The van der Waals surface area contributed by atoms with Gasteiger partial charge in [-0.2, -0.15) is 13.2 Å². The monoisotopic (exact) mass is 406 g/mol. The first kappa shape index (κ1) is 19.4. The van der Waals surface area contributed by atoms with Crippen LogP contribution in [0, 0.1) is 5.82 Å². The molecule has 0 atom stereocenters. The third kappa shape index (κ3) is 4.66. The second-order valence-corrected chi connectivity index (χ2v) is 7.64. The van der Waals surface area contributed by atoms with Crippen LogP contribution in [0.15, 0.2) is 39.8 Å². The van der Waals surface area contributed by atoms with Gasteiger partial charge in [-0.1, -0.05) is 6.07 Å². The minimum absolute atomic E-state index is 0.156. The normalized spacial score (nSPS) is 15.0. The Bertz CT molecular complexity index is 965. The molecule has 1 aromatic heterocycles. The standard InChI is InChI=1S/C16H14F4N2O4S/c17-10-2-1-9(12(7-10)16(18,19)20)8-21-15(23)13-5-6-14(26-13)27(24,25)22-11-3-4-11/h1-2,5-7,11,22H,3-4,8H2,(H,21,23). The third-order valence-electron chi connectivity index (χ3n) is 3.79. The molecule has 1 amide bonds. The Morgan fingerprint density at radius 3 is 2.52 bits per heavy atom. The lowest BCUT2D eigenvalue weighted by atomic mass is 10.1. The van der Waals surface area contributed by atoms with Crippen molar-refractivity contribution in [3.05, 3.63) is 53.0 Å². The lowest BCUT2D eigenvalue weighted by Crippen LogP contribution is -2.26. The number of carbonyl (C=O) groups is 1. The predicted octanol–water partition coefficient (Wildman–Crippen LogP) is 2.81. The van der Waals surface area contributed by atoms with Crippen molar-refractivity contribution in [3.8, 4) is 0 Å². The largest absolute Gasteiger partial charge is 0.438 e. The fourth-order valence-electron chi connectivity index (χ4n) is 2.29. The highest BCUT2D eigenvalue weighted by molar-refractivity contribution is 7.89. The average molecular weight is 406 g/mol. The quantitative estimate of drug-likeness (QED) is 0.722. The van der Waals surface area contributed by atoms with Crippen molar-refractivity contribution in [2.45, 2.75) is 36.7 Å². The molecule has 1 aromatic carbocycles. The van der Waals surface area contributed by atoms with Gasteiger partial charge < -0.3 is 9.73 Å². The Morgan fingerprint density at radius 1 is 1.19 bits per heavy atom. The summed E-state index contributed by atoms with van der Waals surface area (Å²) < 4.78 is 83.3. The van der Waals surface area contributed by atoms with E-state index in [1.807, 2.05) is 0 Å². The number of rotatable bonds is 6. The first-order chi connectivity index (χ1) is 12.6. The summed E-state index contributed by atoms with van der Waals surface area (Å²) in [6.45, 7) is -0.545. The van der Waals surface area contributed by atoms with E-state index < -0.39 is 45.1 Å². The van der Waals surface area contributed by atoms with Gasteiger partial charge in [-0.05, 0) is 42.7 Å². The Labute approximate surface area is 151 Å². The van der Waals surface area contributed by atoms with E-state index in [4.69, 9.17) is 4.42 Å². The van der Waals surface area contributed by atoms with E-state index in [0.717, 1.165) is 24.3 Å². The molecule has 146 valence electrons. The highest BCUT2D eigenvalue weighted by Crippen LogP contribution is 2.32. The molecule has 1 aliphatic rings. The zero-order valence-corrected chi connectivity index (χ0v) is 14.5. The van der Waals surface area contributed by atoms with Crippen LogP contribution in [0.3, 0.4) is 0 Å². The number of hydrogen-bond donors (Lipinski definition) is 2. The lowest BCUT2D eigenvalue weighted by Gasteiger charge is -2.13. The summed E-state index contributed by atoms with van der Waals surface area (Å²) in [6, 6.07) is 4.12. The molecule has 0 spiro atoms. The lowest BCUT2D eigenvalue weighted by molar-refractivity contribution is -0.138. The predicted molar refractivity (Wildman–Crippen MR) is 84.6 cm³/mol. The van der Waals surface area contributed by atoms with Gasteiger partial charge in [-0.25, -0.2) is 17.5 Å². The zero-order valence-electron chi connectivity index (χ0n) is 13.6. The van der Waals surface area contributed by atoms with Crippen molar-refractivity contribution < 1.29 is 35.2 Å². The van der Waals surface area contributed by atoms with Gasteiger partial charge in [-0.3, -0.25) is 4.79 Å². The van der Waals surface area contributed by atoms with Gasteiger partial charge in [0.05, 0.1) is 5.56 Å². The molecule has 2 N–H and O–H groups in total. The molecule has 1 heterocycles. The van der Waals surface area contributed by atoms with Crippen LogP contribution >= 0.6 is 0 Å². The third-order valence-corrected chi connectivity index (χ3v) is 5.18. The van der Waals surface area contributed by atoms with E-state index in [1.165, 1.54) is 0 Å². The van der Waals surface area contributed by atoms with Crippen molar-refractivity contribution in [2.75, 3.05) is 0 Å². The second kappa shape index (κ2) is 6.97. The molecule has 11 heteroatoms. The molecule has 0 saturated heterocycles. The van der Waals surface area contributed by atoms with Crippen molar-refractivity contribution in [1.29, 1.82) is 0 Å². The van der Waals surface area contributed by atoms with Gasteiger partial charge in [0, 0.05) is 12.6 Å². The topological polar surface area (TPSA) is 88.4 Å². The molecule has 3 rings (SSSR count). The molecule has 0 unspecified atom stereocenters. The van der Waals surface area contributed by atoms with E-state index in [0.29, 0.717) is 18.9 Å². The number of amides is 1.